The van der Waals surface area contributed by atoms with E-state index in [-0.39, 0.29) is 0 Å². The second-order valence-corrected chi connectivity index (χ2v) is 9.39. The second-order valence-electron chi connectivity index (χ2n) is 7.42. The van der Waals surface area contributed by atoms with Crippen LogP contribution in [0.5, 0.6) is 0 Å². The molecule has 0 saturated carbocycles. The average molecular weight is 380 g/mol. The van der Waals surface area contributed by atoms with Gasteiger partial charge in [-0.3, -0.25) is 4.90 Å². The van der Waals surface area contributed by atoms with Crippen LogP contribution in [0.4, 0.5) is 10.5 Å². The van der Waals surface area contributed by atoms with E-state index in [1.165, 1.54) is 22.3 Å². The molecule has 6 nitrogen and oxygen atoms in total. The first-order chi connectivity index (χ1) is 12.3. The van der Waals surface area contributed by atoms with Gasteiger partial charge in [-0.1, -0.05) is 13.0 Å². The molecule has 1 unspecified atom stereocenters. The highest BCUT2D eigenvalue weighted by Gasteiger charge is 2.29. The lowest BCUT2D eigenvalue weighted by molar-refractivity contribution is 0.255. The number of urea groups is 1. The van der Waals surface area contributed by atoms with E-state index in [1.54, 1.807) is 18.9 Å². The van der Waals surface area contributed by atoms with Crippen molar-refractivity contribution in [3.05, 3.63) is 28.3 Å². The molecule has 0 aliphatic heterocycles. The Hall–Kier alpha value is -1.60. The number of anilines is 1. The van der Waals surface area contributed by atoms with Crippen molar-refractivity contribution in [2.75, 3.05) is 18.9 Å². The van der Waals surface area contributed by atoms with Crippen LogP contribution in [-0.4, -0.2) is 38.3 Å². The zero-order chi connectivity index (χ0) is 18.9. The van der Waals surface area contributed by atoms with Gasteiger partial charge in [0.25, 0.3) is 10.0 Å². The SMILES string of the molecule is CCCN(C)C(C)S(=O)(=O)NC(=O)Nc1c2c(cc3c1CCC3)CCC2. The van der Waals surface area contributed by atoms with E-state index >= 15 is 0 Å². The molecule has 26 heavy (non-hydrogen) atoms. The monoisotopic (exact) mass is 379 g/mol. The molecule has 0 aromatic heterocycles. The van der Waals surface area contributed by atoms with Crippen LogP contribution < -0.4 is 10.0 Å². The lowest BCUT2D eigenvalue weighted by atomic mass is 9.99. The summed E-state index contributed by atoms with van der Waals surface area (Å²) in [5.74, 6) is 0. The van der Waals surface area contributed by atoms with Crippen LogP contribution in [-0.2, 0) is 35.7 Å². The average Bonchev–Trinajstić information content (AvgIpc) is 3.22. The van der Waals surface area contributed by atoms with Crippen LogP contribution >= 0.6 is 0 Å². The van der Waals surface area contributed by atoms with Crippen molar-refractivity contribution in [3.8, 4) is 0 Å². The summed E-state index contributed by atoms with van der Waals surface area (Å²) < 4.78 is 27.2. The van der Waals surface area contributed by atoms with Crippen LogP contribution in [0.3, 0.4) is 0 Å². The van der Waals surface area contributed by atoms with Gasteiger partial charge in [-0.15, -0.1) is 0 Å². The number of sulfonamides is 1. The Bertz CT molecular complexity index is 772. The predicted molar refractivity (Wildman–Crippen MR) is 104 cm³/mol. The molecule has 0 bridgehead atoms. The number of amides is 2. The molecule has 2 N–H and O–H groups in total. The fourth-order valence-corrected chi connectivity index (χ4v) is 5.15. The standard InChI is InChI=1S/C19H29N3O3S/c1-4-11-22(3)13(2)26(24,25)21-19(23)20-18-16-9-5-7-14(16)12-15-8-6-10-17(15)18/h12-13H,4-11H2,1-3H3,(H2,20,21,23). The highest BCUT2D eigenvalue weighted by molar-refractivity contribution is 7.90. The molecule has 2 aliphatic rings. The minimum absolute atomic E-state index is 0.656. The molecule has 1 aromatic carbocycles. The maximum absolute atomic E-state index is 12.5. The normalized spacial score (nSPS) is 17.1. The minimum atomic E-state index is -3.77. The van der Waals surface area contributed by atoms with Crippen molar-refractivity contribution in [1.29, 1.82) is 0 Å². The van der Waals surface area contributed by atoms with Gasteiger partial charge < -0.3 is 5.32 Å². The topological polar surface area (TPSA) is 78.5 Å². The van der Waals surface area contributed by atoms with Crippen LogP contribution in [0.25, 0.3) is 0 Å². The maximum atomic E-state index is 12.5. The fraction of sp³-hybridized carbons (Fsp3) is 0.632. The Morgan fingerprint density at radius 2 is 1.73 bits per heavy atom. The molecule has 2 amide bonds. The molecular weight excluding hydrogens is 350 g/mol. The number of rotatable bonds is 6. The first-order valence-electron chi connectivity index (χ1n) is 9.52. The summed E-state index contributed by atoms with van der Waals surface area (Å²) in [6, 6.07) is 1.63. The number of hydrogen-bond donors (Lipinski definition) is 2. The molecule has 3 rings (SSSR count). The summed E-state index contributed by atoms with van der Waals surface area (Å²) >= 11 is 0. The highest BCUT2D eigenvalue weighted by Crippen LogP contribution is 2.38. The van der Waals surface area contributed by atoms with E-state index in [9.17, 15) is 13.2 Å². The van der Waals surface area contributed by atoms with Gasteiger partial charge in [-0.25, -0.2) is 17.9 Å². The Morgan fingerprint density at radius 1 is 1.15 bits per heavy atom. The van der Waals surface area contributed by atoms with Gasteiger partial charge in [0.1, 0.15) is 5.37 Å². The lowest BCUT2D eigenvalue weighted by Crippen LogP contribution is -2.46. The Morgan fingerprint density at radius 3 is 2.27 bits per heavy atom. The van der Waals surface area contributed by atoms with E-state index in [4.69, 9.17) is 0 Å². The predicted octanol–water partition coefficient (Wildman–Crippen LogP) is 2.80. The van der Waals surface area contributed by atoms with Gasteiger partial charge in [-0.05, 0) is 87.7 Å². The number of carbonyl (C=O) groups excluding carboxylic acids is 1. The van der Waals surface area contributed by atoms with E-state index in [2.05, 4.69) is 16.1 Å². The molecule has 0 spiro atoms. The Kier molecular flexibility index (Phi) is 5.58. The first-order valence-corrected chi connectivity index (χ1v) is 11.1. The van der Waals surface area contributed by atoms with Crippen molar-refractivity contribution in [2.24, 2.45) is 0 Å². The van der Waals surface area contributed by atoms with Crippen LogP contribution in [0, 0.1) is 0 Å². The molecule has 0 heterocycles. The summed E-state index contributed by atoms with van der Waals surface area (Å²) in [7, 11) is -2.01. The zero-order valence-electron chi connectivity index (χ0n) is 15.9. The van der Waals surface area contributed by atoms with E-state index in [0.717, 1.165) is 50.6 Å². The molecule has 1 aromatic rings. The number of hydrogen-bond acceptors (Lipinski definition) is 4. The van der Waals surface area contributed by atoms with Gasteiger partial charge in [-0.2, -0.15) is 0 Å². The third-order valence-corrected chi connectivity index (χ3v) is 7.32. The molecule has 7 heteroatoms. The summed E-state index contributed by atoms with van der Waals surface area (Å²) in [4.78, 5) is 14.2. The first kappa shape index (κ1) is 19.2. The van der Waals surface area contributed by atoms with Gasteiger partial charge in [0.2, 0.25) is 0 Å². The third-order valence-electron chi connectivity index (χ3n) is 5.59. The quantitative estimate of drug-likeness (QED) is 0.797. The third kappa shape index (κ3) is 3.74. The lowest BCUT2D eigenvalue weighted by Gasteiger charge is -2.24. The highest BCUT2D eigenvalue weighted by atomic mass is 32.2. The number of aryl methyl sites for hydroxylation is 2. The molecule has 1 atom stereocenters. The number of nitrogens with one attached hydrogen (secondary N) is 2. The van der Waals surface area contributed by atoms with Crippen molar-refractivity contribution in [3.63, 3.8) is 0 Å². The minimum Gasteiger partial charge on any atom is -0.307 e. The van der Waals surface area contributed by atoms with Crippen LogP contribution in [0.2, 0.25) is 0 Å². The Labute approximate surface area is 156 Å². The number of fused-ring (bicyclic) bond motifs is 2. The number of nitrogens with zero attached hydrogens (tertiary/aromatic N) is 1. The number of carbonyl (C=O) groups is 1. The second kappa shape index (κ2) is 7.56. The molecule has 144 valence electrons. The summed E-state index contributed by atoms with van der Waals surface area (Å²) in [6.45, 7) is 4.25. The van der Waals surface area contributed by atoms with Gasteiger partial charge in [0.05, 0.1) is 0 Å². The maximum Gasteiger partial charge on any atom is 0.332 e. The van der Waals surface area contributed by atoms with Gasteiger partial charge in [0, 0.05) is 5.69 Å². The summed E-state index contributed by atoms with van der Waals surface area (Å²) in [5.41, 5.74) is 5.85. The molecule has 0 saturated heterocycles. The molecule has 0 fully saturated rings. The fourth-order valence-electron chi connectivity index (χ4n) is 4.09. The summed E-state index contributed by atoms with van der Waals surface area (Å²) in [6.07, 6.45) is 7.00. The zero-order valence-corrected chi connectivity index (χ0v) is 16.7. The van der Waals surface area contributed by atoms with Crippen molar-refractivity contribution in [1.82, 2.24) is 9.62 Å². The Balaban J connectivity index is 1.77. The van der Waals surface area contributed by atoms with Gasteiger partial charge >= 0.3 is 6.03 Å². The van der Waals surface area contributed by atoms with Crippen molar-refractivity contribution < 1.29 is 13.2 Å². The smallest absolute Gasteiger partial charge is 0.307 e. The van der Waals surface area contributed by atoms with Crippen LogP contribution in [0.1, 0.15) is 55.4 Å². The van der Waals surface area contributed by atoms with Crippen molar-refractivity contribution >= 4 is 21.7 Å². The molecule has 2 aliphatic carbocycles. The number of benzene rings is 1. The largest absolute Gasteiger partial charge is 0.332 e. The molecular formula is C19H29N3O3S. The van der Waals surface area contributed by atoms with Crippen molar-refractivity contribution in [2.45, 2.75) is 64.2 Å². The van der Waals surface area contributed by atoms with Gasteiger partial charge in [0.15, 0.2) is 0 Å². The van der Waals surface area contributed by atoms with Crippen LogP contribution in [0.15, 0.2) is 6.07 Å². The van der Waals surface area contributed by atoms with E-state index < -0.39 is 21.4 Å². The summed E-state index contributed by atoms with van der Waals surface area (Å²) in [5, 5.41) is 2.11. The van der Waals surface area contributed by atoms with E-state index in [0.29, 0.717) is 6.54 Å². The molecule has 0 radical (unpaired) electrons. The van der Waals surface area contributed by atoms with E-state index in [1.807, 2.05) is 6.92 Å².